The van der Waals surface area contributed by atoms with Crippen molar-refractivity contribution in [3.05, 3.63) is 29.3 Å². The Bertz CT molecular complexity index is 468. The van der Waals surface area contributed by atoms with E-state index in [2.05, 4.69) is 5.32 Å². The summed E-state index contributed by atoms with van der Waals surface area (Å²) in [6, 6.07) is 5.64. The number of hydrogen-bond donors (Lipinski definition) is 2. The maximum atomic E-state index is 11.9. The van der Waals surface area contributed by atoms with E-state index in [1.807, 2.05) is 30.9 Å². The largest absolute Gasteiger partial charge is 0.508 e. The monoisotopic (exact) mass is 276 g/mol. The van der Waals surface area contributed by atoms with Gasteiger partial charge in [0.05, 0.1) is 0 Å². The molecular formula is C16H24N2O2. The van der Waals surface area contributed by atoms with Gasteiger partial charge in [-0.1, -0.05) is 17.7 Å². The number of amides is 1. The predicted octanol–water partition coefficient (Wildman–Crippen LogP) is 2.36. The van der Waals surface area contributed by atoms with E-state index in [4.69, 9.17) is 0 Å². The number of hydrogen-bond acceptors (Lipinski definition) is 3. The van der Waals surface area contributed by atoms with Gasteiger partial charge in [0.2, 0.25) is 5.91 Å². The molecule has 0 bridgehead atoms. The van der Waals surface area contributed by atoms with Crippen molar-refractivity contribution in [1.82, 2.24) is 10.2 Å². The van der Waals surface area contributed by atoms with E-state index in [9.17, 15) is 9.90 Å². The third-order valence-electron chi connectivity index (χ3n) is 3.90. The number of aromatic hydroxyl groups is 1. The van der Waals surface area contributed by atoms with Gasteiger partial charge in [-0.15, -0.1) is 0 Å². The second-order valence-electron chi connectivity index (χ2n) is 5.58. The van der Waals surface area contributed by atoms with E-state index in [1.165, 1.54) is 0 Å². The van der Waals surface area contributed by atoms with E-state index in [1.54, 1.807) is 6.07 Å². The van der Waals surface area contributed by atoms with Gasteiger partial charge in [0.25, 0.3) is 0 Å². The van der Waals surface area contributed by atoms with Crippen molar-refractivity contribution in [1.29, 1.82) is 0 Å². The molecule has 110 valence electrons. The van der Waals surface area contributed by atoms with Crippen LogP contribution in [-0.4, -0.2) is 35.5 Å². The Morgan fingerprint density at radius 3 is 2.80 bits per heavy atom. The van der Waals surface area contributed by atoms with E-state index in [0.29, 0.717) is 18.7 Å². The zero-order valence-corrected chi connectivity index (χ0v) is 12.4. The smallest absolute Gasteiger partial charge is 0.223 e. The maximum absolute atomic E-state index is 11.9. The number of phenols is 1. The molecule has 1 amide bonds. The van der Waals surface area contributed by atoms with Crippen molar-refractivity contribution >= 4 is 5.91 Å². The van der Waals surface area contributed by atoms with Crippen molar-refractivity contribution < 1.29 is 9.90 Å². The highest BCUT2D eigenvalue weighted by Gasteiger charge is 2.17. The first-order valence-corrected chi connectivity index (χ1v) is 7.38. The Labute approximate surface area is 120 Å². The lowest BCUT2D eigenvalue weighted by atomic mass is 10.0. The van der Waals surface area contributed by atoms with Crippen LogP contribution >= 0.6 is 0 Å². The Hall–Kier alpha value is -1.55. The minimum atomic E-state index is 0.0429. The summed E-state index contributed by atoms with van der Waals surface area (Å²) in [6.07, 6.45) is 2.79. The lowest BCUT2D eigenvalue weighted by Gasteiger charge is -2.18. The van der Waals surface area contributed by atoms with Crippen molar-refractivity contribution in [2.24, 2.45) is 0 Å². The number of nitrogens with zero attached hydrogens (tertiary/aromatic N) is 1. The van der Waals surface area contributed by atoms with Crippen LogP contribution in [0.15, 0.2) is 18.2 Å². The first-order chi connectivity index (χ1) is 9.58. The van der Waals surface area contributed by atoms with E-state index in [0.717, 1.165) is 37.1 Å². The van der Waals surface area contributed by atoms with Gasteiger partial charge in [-0.25, -0.2) is 0 Å². The summed E-state index contributed by atoms with van der Waals surface area (Å²) >= 11 is 0. The second-order valence-corrected chi connectivity index (χ2v) is 5.58. The molecule has 1 saturated heterocycles. The van der Waals surface area contributed by atoms with Crippen LogP contribution in [0.1, 0.15) is 43.4 Å². The first kappa shape index (κ1) is 14.9. The molecule has 0 saturated carbocycles. The number of benzene rings is 1. The van der Waals surface area contributed by atoms with Crippen molar-refractivity contribution in [3.63, 3.8) is 0 Å². The number of likely N-dealkylation sites (tertiary alicyclic amines) is 1. The first-order valence-electron chi connectivity index (χ1n) is 7.38. The lowest BCUT2D eigenvalue weighted by Crippen LogP contribution is -2.31. The molecule has 2 N–H and O–H groups in total. The molecule has 0 aromatic heterocycles. The molecule has 0 aliphatic carbocycles. The molecule has 2 rings (SSSR count). The Morgan fingerprint density at radius 2 is 2.10 bits per heavy atom. The highest BCUT2D eigenvalue weighted by atomic mass is 16.3. The van der Waals surface area contributed by atoms with E-state index < -0.39 is 0 Å². The van der Waals surface area contributed by atoms with Crippen LogP contribution in [0.5, 0.6) is 5.75 Å². The summed E-state index contributed by atoms with van der Waals surface area (Å²) < 4.78 is 0. The Morgan fingerprint density at radius 1 is 1.40 bits per heavy atom. The van der Waals surface area contributed by atoms with Crippen molar-refractivity contribution in [2.75, 3.05) is 19.6 Å². The summed E-state index contributed by atoms with van der Waals surface area (Å²) in [6.45, 7) is 6.48. The fraction of sp³-hybridized carbons (Fsp3) is 0.562. The SMILES string of the molecule is Cc1ccc(O)c(C(C)NCCC(=O)N2CCCC2)c1. The highest BCUT2D eigenvalue weighted by molar-refractivity contribution is 5.76. The zero-order chi connectivity index (χ0) is 14.5. The van der Waals surface area contributed by atoms with Gasteiger partial charge in [0.1, 0.15) is 5.75 Å². The topological polar surface area (TPSA) is 52.6 Å². The molecule has 1 atom stereocenters. The molecule has 20 heavy (non-hydrogen) atoms. The molecule has 1 aliphatic rings. The fourth-order valence-electron chi connectivity index (χ4n) is 2.65. The number of rotatable bonds is 5. The molecule has 4 nitrogen and oxygen atoms in total. The number of phenolic OH excluding ortho intramolecular Hbond substituents is 1. The minimum Gasteiger partial charge on any atom is -0.508 e. The number of nitrogens with one attached hydrogen (secondary N) is 1. The van der Waals surface area contributed by atoms with Gasteiger partial charge in [-0.2, -0.15) is 0 Å². The van der Waals surface area contributed by atoms with Crippen LogP contribution < -0.4 is 5.32 Å². The van der Waals surface area contributed by atoms with Crippen molar-refractivity contribution in [2.45, 2.75) is 39.2 Å². The lowest BCUT2D eigenvalue weighted by molar-refractivity contribution is -0.130. The van der Waals surface area contributed by atoms with Crippen LogP contribution in [0, 0.1) is 6.92 Å². The highest BCUT2D eigenvalue weighted by Crippen LogP contribution is 2.24. The van der Waals surface area contributed by atoms with Gasteiger partial charge < -0.3 is 15.3 Å². The van der Waals surface area contributed by atoms with Gasteiger partial charge in [0.15, 0.2) is 0 Å². The fourth-order valence-corrected chi connectivity index (χ4v) is 2.65. The predicted molar refractivity (Wildman–Crippen MR) is 79.7 cm³/mol. The molecule has 1 unspecified atom stereocenters. The third-order valence-corrected chi connectivity index (χ3v) is 3.90. The molecule has 0 radical (unpaired) electrons. The van der Waals surface area contributed by atoms with E-state index >= 15 is 0 Å². The summed E-state index contributed by atoms with van der Waals surface area (Å²) in [7, 11) is 0. The van der Waals surface area contributed by atoms with Crippen LogP contribution in [0.25, 0.3) is 0 Å². The quantitative estimate of drug-likeness (QED) is 0.868. The standard InChI is InChI=1S/C16H24N2O2/c1-12-5-6-15(19)14(11-12)13(2)17-8-7-16(20)18-9-3-4-10-18/h5-6,11,13,17,19H,3-4,7-10H2,1-2H3. The molecule has 1 aliphatic heterocycles. The number of aryl methyl sites for hydroxylation is 1. The Balaban J connectivity index is 1.81. The van der Waals surface area contributed by atoms with Gasteiger partial charge in [-0.3, -0.25) is 4.79 Å². The summed E-state index contributed by atoms with van der Waals surface area (Å²) in [5.74, 6) is 0.539. The molecule has 4 heteroatoms. The molecule has 1 aromatic rings. The summed E-state index contributed by atoms with van der Waals surface area (Å²) in [4.78, 5) is 13.9. The zero-order valence-electron chi connectivity index (χ0n) is 12.4. The summed E-state index contributed by atoms with van der Waals surface area (Å²) in [5, 5.41) is 13.2. The minimum absolute atomic E-state index is 0.0429. The van der Waals surface area contributed by atoms with Crippen LogP contribution in [0.3, 0.4) is 0 Å². The van der Waals surface area contributed by atoms with Gasteiger partial charge >= 0.3 is 0 Å². The third kappa shape index (κ3) is 3.73. The van der Waals surface area contributed by atoms with Gasteiger partial charge in [-0.05, 0) is 32.8 Å². The average Bonchev–Trinajstić information content (AvgIpc) is 2.95. The summed E-state index contributed by atoms with van der Waals surface area (Å²) in [5.41, 5.74) is 2.01. The average molecular weight is 276 g/mol. The van der Waals surface area contributed by atoms with Crippen LogP contribution in [-0.2, 0) is 4.79 Å². The van der Waals surface area contributed by atoms with Crippen molar-refractivity contribution in [3.8, 4) is 5.75 Å². The molecule has 1 aromatic carbocycles. The van der Waals surface area contributed by atoms with Crippen LogP contribution in [0.2, 0.25) is 0 Å². The Kier molecular flexibility index (Phi) is 5.01. The molecular weight excluding hydrogens is 252 g/mol. The number of carbonyl (C=O) groups excluding carboxylic acids is 1. The van der Waals surface area contributed by atoms with Crippen LogP contribution in [0.4, 0.5) is 0 Å². The van der Waals surface area contributed by atoms with Gasteiger partial charge in [0, 0.05) is 37.7 Å². The van der Waals surface area contributed by atoms with E-state index in [-0.39, 0.29) is 11.9 Å². The number of carbonyl (C=O) groups is 1. The second kappa shape index (κ2) is 6.75. The molecule has 1 heterocycles. The molecule has 0 spiro atoms. The normalized spacial score (nSPS) is 16.4. The maximum Gasteiger partial charge on any atom is 0.223 e. The molecule has 1 fully saturated rings.